The monoisotopic (exact) mass is 184 g/mol. The number of nitrogens with zero attached hydrogens (tertiary/aromatic N) is 1. The van der Waals surface area contributed by atoms with E-state index in [0.29, 0.717) is 5.76 Å². The highest BCUT2D eigenvalue weighted by atomic mass is 16.3. The van der Waals surface area contributed by atoms with Crippen LogP contribution in [0.5, 0.6) is 0 Å². The third-order valence-corrected chi connectivity index (χ3v) is 2.14. The van der Waals surface area contributed by atoms with Gasteiger partial charge in [0, 0.05) is 0 Å². The van der Waals surface area contributed by atoms with Gasteiger partial charge in [-0.15, -0.1) is 0 Å². The Labute approximate surface area is 77.8 Å². The summed E-state index contributed by atoms with van der Waals surface area (Å²) in [6, 6.07) is -0.484. The predicted molar refractivity (Wildman–Crippen MR) is 49.0 cm³/mol. The second kappa shape index (κ2) is 3.89. The quantitative estimate of drug-likeness (QED) is 0.735. The molecule has 0 radical (unpaired) electrons. The van der Waals surface area contributed by atoms with Crippen LogP contribution in [0, 0.1) is 12.8 Å². The van der Waals surface area contributed by atoms with Crippen LogP contribution >= 0.6 is 0 Å². The van der Waals surface area contributed by atoms with Gasteiger partial charge in [-0.25, -0.2) is 4.98 Å². The molecule has 0 bridgehead atoms. The molecule has 2 atom stereocenters. The van der Waals surface area contributed by atoms with Gasteiger partial charge in [0.2, 0.25) is 0 Å². The maximum Gasteiger partial charge on any atom is 0.181 e. The summed E-state index contributed by atoms with van der Waals surface area (Å²) in [5.74, 6) is 0.681. The first-order valence-electron chi connectivity index (χ1n) is 4.37. The van der Waals surface area contributed by atoms with E-state index in [1.807, 2.05) is 20.8 Å². The fourth-order valence-electron chi connectivity index (χ4n) is 1.20. The first-order valence-corrected chi connectivity index (χ1v) is 4.37. The van der Waals surface area contributed by atoms with E-state index in [1.54, 1.807) is 0 Å². The molecule has 1 rings (SSSR count). The number of hydrogen-bond acceptors (Lipinski definition) is 4. The molecule has 0 aliphatic heterocycles. The standard InChI is InChI=1S/C9H16N2O2/c1-5(2)8(12)7(10)9-6(3)11-4-13-9/h4-5,7-8,12H,10H2,1-3H3. The molecule has 0 spiro atoms. The zero-order chi connectivity index (χ0) is 10.0. The number of rotatable bonds is 3. The molecular weight excluding hydrogens is 168 g/mol. The Morgan fingerprint density at radius 1 is 1.54 bits per heavy atom. The van der Waals surface area contributed by atoms with E-state index >= 15 is 0 Å². The van der Waals surface area contributed by atoms with E-state index in [-0.39, 0.29) is 5.92 Å². The lowest BCUT2D eigenvalue weighted by atomic mass is 9.98. The molecule has 2 unspecified atom stereocenters. The number of aliphatic hydroxyl groups is 1. The fourth-order valence-corrected chi connectivity index (χ4v) is 1.20. The van der Waals surface area contributed by atoms with Crippen LogP contribution in [-0.4, -0.2) is 16.2 Å². The van der Waals surface area contributed by atoms with E-state index in [2.05, 4.69) is 4.98 Å². The normalized spacial score (nSPS) is 16.2. The smallest absolute Gasteiger partial charge is 0.181 e. The highest BCUT2D eigenvalue weighted by Crippen LogP contribution is 2.21. The van der Waals surface area contributed by atoms with Gasteiger partial charge in [-0.1, -0.05) is 13.8 Å². The van der Waals surface area contributed by atoms with Crippen molar-refractivity contribution in [1.82, 2.24) is 4.98 Å². The zero-order valence-electron chi connectivity index (χ0n) is 8.19. The van der Waals surface area contributed by atoms with Crippen molar-refractivity contribution in [2.75, 3.05) is 0 Å². The topological polar surface area (TPSA) is 72.3 Å². The van der Waals surface area contributed by atoms with E-state index in [1.165, 1.54) is 6.39 Å². The highest BCUT2D eigenvalue weighted by molar-refractivity contribution is 5.11. The number of nitrogens with two attached hydrogens (primary N) is 1. The molecule has 4 nitrogen and oxygen atoms in total. The molecule has 0 fully saturated rings. The molecular formula is C9H16N2O2. The summed E-state index contributed by atoms with van der Waals surface area (Å²) in [7, 11) is 0. The molecule has 0 saturated carbocycles. The van der Waals surface area contributed by atoms with Gasteiger partial charge < -0.3 is 15.3 Å². The molecule has 3 N–H and O–H groups in total. The highest BCUT2D eigenvalue weighted by Gasteiger charge is 2.24. The zero-order valence-corrected chi connectivity index (χ0v) is 8.19. The Bertz CT molecular complexity index is 270. The van der Waals surface area contributed by atoms with Crippen molar-refractivity contribution in [3.8, 4) is 0 Å². The van der Waals surface area contributed by atoms with Gasteiger partial charge in [0.1, 0.15) is 5.76 Å². The Kier molecular flexibility index (Phi) is 3.06. The van der Waals surface area contributed by atoms with E-state index in [9.17, 15) is 5.11 Å². The van der Waals surface area contributed by atoms with Gasteiger partial charge >= 0.3 is 0 Å². The van der Waals surface area contributed by atoms with E-state index in [0.717, 1.165) is 5.69 Å². The lowest BCUT2D eigenvalue weighted by Gasteiger charge is -2.20. The summed E-state index contributed by atoms with van der Waals surface area (Å²) < 4.78 is 5.10. The predicted octanol–water partition coefficient (Wildman–Crippen LogP) is 1.000. The molecule has 13 heavy (non-hydrogen) atoms. The minimum atomic E-state index is -0.591. The van der Waals surface area contributed by atoms with Gasteiger partial charge in [-0.3, -0.25) is 0 Å². The molecule has 1 heterocycles. The van der Waals surface area contributed by atoms with Gasteiger partial charge in [0.25, 0.3) is 0 Å². The van der Waals surface area contributed by atoms with E-state index in [4.69, 9.17) is 10.2 Å². The summed E-state index contributed by atoms with van der Waals surface area (Å²) in [4.78, 5) is 3.92. The SMILES string of the molecule is Cc1ncoc1C(N)C(O)C(C)C. The Hall–Kier alpha value is -0.870. The van der Waals surface area contributed by atoms with Crippen LogP contribution in [0.25, 0.3) is 0 Å². The molecule has 1 aromatic rings. The molecule has 0 aromatic carbocycles. The fraction of sp³-hybridized carbons (Fsp3) is 0.667. The summed E-state index contributed by atoms with van der Waals surface area (Å²) >= 11 is 0. The molecule has 0 saturated heterocycles. The summed E-state index contributed by atoms with van der Waals surface area (Å²) in [5, 5.41) is 9.68. The van der Waals surface area contributed by atoms with Crippen LogP contribution in [0.1, 0.15) is 31.3 Å². The van der Waals surface area contributed by atoms with Crippen LogP contribution in [0.4, 0.5) is 0 Å². The Morgan fingerprint density at radius 2 is 2.15 bits per heavy atom. The van der Waals surface area contributed by atoms with Crippen molar-refractivity contribution in [2.45, 2.75) is 32.9 Å². The Balaban J connectivity index is 2.79. The van der Waals surface area contributed by atoms with Crippen molar-refractivity contribution >= 4 is 0 Å². The number of oxazole rings is 1. The Morgan fingerprint density at radius 3 is 2.54 bits per heavy atom. The van der Waals surface area contributed by atoms with Gasteiger partial charge in [0.15, 0.2) is 6.39 Å². The second-order valence-corrected chi connectivity index (χ2v) is 3.56. The molecule has 0 aliphatic carbocycles. The first kappa shape index (κ1) is 10.2. The largest absolute Gasteiger partial charge is 0.446 e. The van der Waals surface area contributed by atoms with Crippen molar-refractivity contribution < 1.29 is 9.52 Å². The maximum absolute atomic E-state index is 9.68. The van der Waals surface area contributed by atoms with Gasteiger partial charge in [0.05, 0.1) is 17.8 Å². The van der Waals surface area contributed by atoms with Crippen molar-refractivity contribution in [3.63, 3.8) is 0 Å². The van der Waals surface area contributed by atoms with Crippen LogP contribution in [-0.2, 0) is 0 Å². The maximum atomic E-state index is 9.68. The average molecular weight is 184 g/mol. The molecule has 74 valence electrons. The number of aliphatic hydroxyl groups excluding tert-OH is 1. The van der Waals surface area contributed by atoms with Crippen LogP contribution in [0.3, 0.4) is 0 Å². The second-order valence-electron chi connectivity index (χ2n) is 3.56. The third kappa shape index (κ3) is 2.08. The number of aromatic nitrogens is 1. The molecule has 4 heteroatoms. The molecule has 0 aliphatic rings. The summed E-state index contributed by atoms with van der Waals surface area (Å²) in [6.45, 7) is 5.64. The van der Waals surface area contributed by atoms with Crippen LogP contribution in [0.15, 0.2) is 10.8 Å². The lowest BCUT2D eigenvalue weighted by Crippen LogP contribution is -2.30. The number of aryl methyl sites for hydroxylation is 1. The summed E-state index contributed by atoms with van der Waals surface area (Å²) in [5.41, 5.74) is 6.54. The van der Waals surface area contributed by atoms with E-state index < -0.39 is 12.1 Å². The van der Waals surface area contributed by atoms with Crippen molar-refractivity contribution in [3.05, 3.63) is 17.8 Å². The van der Waals surface area contributed by atoms with Gasteiger partial charge in [-0.2, -0.15) is 0 Å². The molecule has 0 amide bonds. The lowest BCUT2D eigenvalue weighted by molar-refractivity contribution is 0.0896. The van der Waals surface area contributed by atoms with Crippen molar-refractivity contribution in [1.29, 1.82) is 0 Å². The minimum Gasteiger partial charge on any atom is -0.446 e. The number of hydrogen-bond donors (Lipinski definition) is 2. The average Bonchev–Trinajstić information content (AvgIpc) is 2.48. The van der Waals surface area contributed by atoms with Crippen LogP contribution in [0.2, 0.25) is 0 Å². The van der Waals surface area contributed by atoms with Crippen molar-refractivity contribution in [2.24, 2.45) is 11.7 Å². The minimum absolute atomic E-state index is 0.111. The molecule has 1 aromatic heterocycles. The first-order chi connectivity index (χ1) is 6.04. The third-order valence-electron chi connectivity index (χ3n) is 2.14. The summed E-state index contributed by atoms with van der Waals surface area (Å²) in [6.07, 6.45) is 0.754. The van der Waals surface area contributed by atoms with Crippen LogP contribution < -0.4 is 5.73 Å². The van der Waals surface area contributed by atoms with Gasteiger partial charge in [-0.05, 0) is 12.8 Å².